The van der Waals surface area contributed by atoms with Crippen molar-refractivity contribution in [2.45, 2.75) is 45.4 Å². The Bertz CT molecular complexity index is 990. The number of hydrogen-bond acceptors (Lipinski definition) is 4. The number of halogens is 2. The van der Waals surface area contributed by atoms with E-state index in [1.165, 1.54) is 0 Å². The molecule has 7 nitrogen and oxygen atoms in total. The summed E-state index contributed by atoms with van der Waals surface area (Å²) < 4.78 is 7.45. The number of benzene rings is 1. The van der Waals surface area contributed by atoms with Gasteiger partial charge >= 0.3 is 5.97 Å². The number of fused-ring (bicyclic) bond motifs is 2. The molecular weight excluding hydrogens is 417 g/mol. The molecule has 0 unspecified atom stereocenters. The van der Waals surface area contributed by atoms with Gasteiger partial charge in [-0.3, -0.25) is 14.3 Å². The number of carbonyl (C=O) groups excluding carboxylic acids is 1. The number of aryl methyl sites for hydroxylation is 1. The first kappa shape index (κ1) is 20.2. The number of carboxylic acids is 1. The molecule has 0 spiro atoms. The number of aromatic nitrogens is 2. The van der Waals surface area contributed by atoms with Crippen molar-refractivity contribution in [2.24, 2.45) is 11.8 Å². The van der Waals surface area contributed by atoms with Crippen LogP contribution in [0.15, 0.2) is 18.2 Å². The molecule has 9 heteroatoms. The maximum absolute atomic E-state index is 13.0. The van der Waals surface area contributed by atoms with Crippen molar-refractivity contribution in [1.82, 2.24) is 9.78 Å². The predicted molar refractivity (Wildman–Crippen MR) is 108 cm³/mol. The van der Waals surface area contributed by atoms with Crippen LogP contribution in [0.5, 0.6) is 0 Å². The fourth-order valence-corrected chi connectivity index (χ4v) is 4.84. The Morgan fingerprint density at radius 3 is 2.59 bits per heavy atom. The highest BCUT2D eigenvalue weighted by atomic mass is 35.5. The minimum Gasteiger partial charge on any atom is -0.481 e. The molecule has 1 amide bonds. The smallest absolute Gasteiger partial charge is 0.310 e. The molecule has 2 N–H and O–H groups in total. The summed E-state index contributed by atoms with van der Waals surface area (Å²) in [5.41, 5.74) is 2.86. The first-order valence-electron chi connectivity index (χ1n) is 9.43. The number of nitrogens with one attached hydrogen (secondary N) is 1. The first-order valence-corrected chi connectivity index (χ1v) is 10.2. The molecule has 2 bridgehead atoms. The molecule has 1 aromatic carbocycles. The standard InChI is InChI=1S/C20H21Cl2N3O4/c1-9-18(10(2)25(24-9)8-11-3-4-12(21)7-13(11)22)23-19(26)16-14-5-6-15(29-14)17(16)20(27)28/h3-4,7,14-17H,5-6,8H2,1-2H3,(H,23,26)(H,27,28)/t14-,15+,16-,17-/m0/s1. The van der Waals surface area contributed by atoms with Crippen LogP contribution in [0.2, 0.25) is 10.0 Å². The van der Waals surface area contributed by atoms with Crippen molar-refractivity contribution < 1.29 is 19.4 Å². The van der Waals surface area contributed by atoms with E-state index in [9.17, 15) is 14.7 Å². The average Bonchev–Trinajstić information content (AvgIpc) is 3.34. The van der Waals surface area contributed by atoms with E-state index in [1.54, 1.807) is 23.7 Å². The lowest BCUT2D eigenvalue weighted by molar-refractivity contribution is -0.147. The highest BCUT2D eigenvalue weighted by Crippen LogP contribution is 2.44. The molecule has 2 aliphatic rings. The number of hydrogen-bond donors (Lipinski definition) is 2. The fourth-order valence-electron chi connectivity index (χ4n) is 4.37. The molecule has 0 aliphatic carbocycles. The lowest BCUT2D eigenvalue weighted by Crippen LogP contribution is -2.41. The van der Waals surface area contributed by atoms with Crippen LogP contribution in [-0.2, 0) is 20.9 Å². The molecule has 2 fully saturated rings. The number of amides is 1. The van der Waals surface area contributed by atoms with Gasteiger partial charge in [0.2, 0.25) is 5.91 Å². The summed E-state index contributed by atoms with van der Waals surface area (Å²) in [6.07, 6.45) is 0.664. The van der Waals surface area contributed by atoms with Crippen LogP contribution in [0.1, 0.15) is 29.8 Å². The lowest BCUT2D eigenvalue weighted by atomic mass is 9.78. The normalized spacial score (nSPS) is 25.4. The topological polar surface area (TPSA) is 93.5 Å². The maximum atomic E-state index is 13.0. The third kappa shape index (κ3) is 3.63. The summed E-state index contributed by atoms with van der Waals surface area (Å²) >= 11 is 12.2. The van der Waals surface area contributed by atoms with E-state index in [0.717, 1.165) is 11.3 Å². The summed E-state index contributed by atoms with van der Waals surface area (Å²) in [6.45, 7) is 4.08. The van der Waals surface area contributed by atoms with Gasteiger partial charge in [-0.1, -0.05) is 29.3 Å². The number of carboxylic acid groups (broad SMARTS) is 1. The molecule has 2 saturated heterocycles. The van der Waals surface area contributed by atoms with Crippen LogP contribution < -0.4 is 5.32 Å². The minimum absolute atomic E-state index is 0.333. The molecule has 0 radical (unpaired) electrons. The van der Waals surface area contributed by atoms with Crippen molar-refractivity contribution >= 4 is 40.8 Å². The minimum atomic E-state index is -0.987. The van der Waals surface area contributed by atoms with Gasteiger partial charge in [-0.15, -0.1) is 0 Å². The second-order valence-electron chi connectivity index (χ2n) is 7.61. The van der Waals surface area contributed by atoms with E-state index in [0.29, 0.717) is 40.8 Å². The highest BCUT2D eigenvalue weighted by Gasteiger charge is 2.55. The summed E-state index contributed by atoms with van der Waals surface area (Å²) in [6, 6.07) is 5.27. The molecule has 2 aromatic rings. The van der Waals surface area contributed by atoms with Crippen LogP contribution in [0.25, 0.3) is 0 Å². The summed E-state index contributed by atoms with van der Waals surface area (Å²) in [5.74, 6) is -2.82. The van der Waals surface area contributed by atoms with E-state index in [4.69, 9.17) is 27.9 Å². The quantitative estimate of drug-likeness (QED) is 0.743. The molecule has 3 heterocycles. The molecule has 4 rings (SSSR count). The van der Waals surface area contributed by atoms with E-state index in [2.05, 4.69) is 10.4 Å². The Kier molecular flexibility index (Phi) is 5.31. The van der Waals surface area contributed by atoms with Crippen LogP contribution in [0.3, 0.4) is 0 Å². The third-order valence-corrected chi connectivity index (χ3v) is 6.41. The molecular formula is C20H21Cl2N3O4. The molecule has 4 atom stereocenters. The zero-order valence-electron chi connectivity index (χ0n) is 16.0. The number of carbonyl (C=O) groups is 2. The van der Waals surface area contributed by atoms with Gasteiger partial charge < -0.3 is 15.2 Å². The Hall–Kier alpha value is -2.09. The van der Waals surface area contributed by atoms with Crippen molar-refractivity contribution in [2.75, 3.05) is 5.32 Å². The van der Waals surface area contributed by atoms with E-state index >= 15 is 0 Å². The Balaban J connectivity index is 1.55. The van der Waals surface area contributed by atoms with Gasteiger partial charge in [-0.2, -0.15) is 5.10 Å². The predicted octanol–water partition coefficient (Wildman–Crippen LogP) is 3.67. The Labute approximate surface area is 177 Å². The second-order valence-corrected chi connectivity index (χ2v) is 8.45. The molecule has 0 saturated carbocycles. The zero-order valence-corrected chi connectivity index (χ0v) is 17.5. The molecule has 1 aromatic heterocycles. The number of aliphatic carboxylic acids is 1. The van der Waals surface area contributed by atoms with Gasteiger partial charge in [0, 0.05) is 10.0 Å². The van der Waals surface area contributed by atoms with Crippen molar-refractivity contribution in [3.8, 4) is 0 Å². The van der Waals surface area contributed by atoms with Crippen LogP contribution in [0, 0.1) is 25.7 Å². The average molecular weight is 438 g/mol. The van der Waals surface area contributed by atoms with Gasteiger partial charge in [-0.25, -0.2) is 0 Å². The summed E-state index contributed by atoms with van der Waals surface area (Å²) in [5, 5.41) is 18.1. The lowest BCUT2D eigenvalue weighted by Gasteiger charge is -2.23. The fraction of sp³-hybridized carbons (Fsp3) is 0.450. The number of anilines is 1. The summed E-state index contributed by atoms with van der Waals surface area (Å²) in [7, 11) is 0. The third-order valence-electron chi connectivity index (χ3n) is 5.83. The van der Waals surface area contributed by atoms with Gasteiger partial charge in [0.25, 0.3) is 0 Å². The monoisotopic (exact) mass is 437 g/mol. The zero-order chi connectivity index (χ0) is 20.9. The van der Waals surface area contributed by atoms with Gasteiger partial charge in [0.15, 0.2) is 0 Å². The second kappa shape index (κ2) is 7.63. The van der Waals surface area contributed by atoms with Crippen LogP contribution in [-0.4, -0.2) is 39.0 Å². The van der Waals surface area contributed by atoms with Crippen molar-refractivity contribution in [1.29, 1.82) is 0 Å². The van der Waals surface area contributed by atoms with E-state index in [-0.39, 0.29) is 18.1 Å². The summed E-state index contributed by atoms with van der Waals surface area (Å²) in [4.78, 5) is 24.6. The molecule has 2 aliphatic heterocycles. The Morgan fingerprint density at radius 2 is 1.93 bits per heavy atom. The van der Waals surface area contributed by atoms with Gasteiger partial charge in [-0.05, 0) is 44.4 Å². The number of rotatable bonds is 5. The number of nitrogens with zero attached hydrogens (tertiary/aromatic N) is 2. The Morgan fingerprint density at radius 1 is 1.24 bits per heavy atom. The number of ether oxygens (including phenoxy) is 1. The first-order chi connectivity index (χ1) is 13.8. The van der Waals surface area contributed by atoms with Crippen LogP contribution in [0.4, 0.5) is 5.69 Å². The van der Waals surface area contributed by atoms with Crippen molar-refractivity contribution in [3.63, 3.8) is 0 Å². The molecule has 29 heavy (non-hydrogen) atoms. The van der Waals surface area contributed by atoms with Crippen LogP contribution >= 0.6 is 23.2 Å². The molecule has 154 valence electrons. The maximum Gasteiger partial charge on any atom is 0.310 e. The van der Waals surface area contributed by atoms with Gasteiger partial charge in [0.1, 0.15) is 0 Å². The highest BCUT2D eigenvalue weighted by molar-refractivity contribution is 6.35. The SMILES string of the molecule is Cc1nn(Cc2ccc(Cl)cc2Cl)c(C)c1NC(=O)[C@@H]1[C@@H](C(=O)O)[C@H]2CC[C@@H]1O2. The largest absolute Gasteiger partial charge is 0.481 e. The van der Waals surface area contributed by atoms with Gasteiger partial charge in [0.05, 0.1) is 47.7 Å². The van der Waals surface area contributed by atoms with Crippen molar-refractivity contribution in [3.05, 3.63) is 45.2 Å². The van der Waals surface area contributed by atoms with E-state index in [1.807, 2.05) is 13.0 Å². The van der Waals surface area contributed by atoms with E-state index < -0.39 is 17.8 Å².